The van der Waals surface area contributed by atoms with Crippen molar-refractivity contribution in [3.8, 4) is 0 Å². The fourth-order valence-corrected chi connectivity index (χ4v) is 3.23. The predicted molar refractivity (Wildman–Crippen MR) is 110 cm³/mol. The van der Waals surface area contributed by atoms with Gasteiger partial charge in [0, 0.05) is 17.2 Å². The van der Waals surface area contributed by atoms with Crippen LogP contribution < -0.4 is 9.88 Å². The van der Waals surface area contributed by atoms with Gasteiger partial charge in [0.25, 0.3) is 6.04 Å². The molecule has 0 unspecified atom stereocenters. The molecule has 6 heteroatoms. The van der Waals surface area contributed by atoms with Crippen LogP contribution in [0.15, 0.2) is 65.5 Å². The number of aliphatic hydroxyl groups excluding tert-OH is 1. The van der Waals surface area contributed by atoms with E-state index < -0.39 is 6.04 Å². The van der Waals surface area contributed by atoms with E-state index in [2.05, 4.69) is 5.32 Å². The van der Waals surface area contributed by atoms with Gasteiger partial charge < -0.3 is 14.8 Å². The number of thiocarbonyl (C=S) groups is 1. The van der Waals surface area contributed by atoms with Gasteiger partial charge in [-0.25, -0.2) is 0 Å². The summed E-state index contributed by atoms with van der Waals surface area (Å²) in [6.45, 7) is 4.27. The van der Waals surface area contributed by atoms with E-state index in [1.807, 2.05) is 38.1 Å². The Morgan fingerprint density at radius 3 is 2.71 bits per heavy atom. The Kier molecular flexibility index (Phi) is 6.34. The van der Waals surface area contributed by atoms with Crippen LogP contribution in [-0.2, 0) is 13.2 Å². The van der Waals surface area contributed by atoms with Gasteiger partial charge in [0.15, 0.2) is 17.4 Å². The lowest BCUT2D eigenvalue weighted by atomic mass is 9.99. The number of benzene rings is 1. The molecule has 0 saturated carbocycles. The molecule has 1 atom stereocenters. The Labute approximate surface area is 169 Å². The van der Waals surface area contributed by atoms with Gasteiger partial charge in [-0.05, 0) is 49.2 Å². The van der Waals surface area contributed by atoms with Crippen LogP contribution in [0.4, 0.5) is 0 Å². The molecule has 5 nitrogen and oxygen atoms in total. The molecule has 28 heavy (non-hydrogen) atoms. The Bertz CT molecular complexity index is 983. The molecule has 2 N–H and O–H groups in total. The topological polar surface area (TPSA) is 66.4 Å². The molecule has 0 aliphatic rings. The summed E-state index contributed by atoms with van der Waals surface area (Å²) in [5, 5.41) is 12.6. The number of hydrogen-bond donors (Lipinski definition) is 2. The number of aryl methyl sites for hydroxylation is 2. The van der Waals surface area contributed by atoms with Crippen LogP contribution in [0.5, 0.6) is 0 Å². The lowest BCUT2D eigenvalue weighted by Crippen LogP contribution is -2.51. The summed E-state index contributed by atoms with van der Waals surface area (Å²) < 4.78 is 7.07. The average molecular weight is 396 g/mol. The van der Waals surface area contributed by atoms with Crippen molar-refractivity contribution in [1.82, 2.24) is 5.32 Å². The number of Topliss-reactive ketones (excluding diaryl/α,β-unsaturated/α-hetero) is 1. The van der Waals surface area contributed by atoms with Crippen molar-refractivity contribution in [1.29, 1.82) is 0 Å². The Hall–Kier alpha value is -2.83. The third-order valence-electron chi connectivity index (χ3n) is 4.67. The number of ketones is 1. The van der Waals surface area contributed by atoms with E-state index in [1.165, 1.54) is 0 Å². The zero-order chi connectivity index (χ0) is 20.1. The lowest BCUT2D eigenvalue weighted by Gasteiger charge is -2.15. The molecule has 2 heterocycles. The number of hydrogen-bond acceptors (Lipinski definition) is 4. The molecule has 1 aromatic carbocycles. The van der Waals surface area contributed by atoms with Gasteiger partial charge in [-0.3, -0.25) is 4.79 Å². The largest absolute Gasteiger partial charge is 0.467 e. The van der Waals surface area contributed by atoms with Crippen molar-refractivity contribution in [2.75, 3.05) is 0 Å². The summed E-state index contributed by atoms with van der Waals surface area (Å²) in [6, 6.07) is 12.2. The molecule has 3 aromatic rings. The number of carbonyl (C=O) groups is 1. The number of aliphatic hydroxyl groups is 1. The minimum atomic E-state index is -0.724. The van der Waals surface area contributed by atoms with Crippen molar-refractivity contribution in [2.45, 2.75) is 33.0 Å². The number of nitrogens with zero attached hydrogens (tertiary/aromatic N) is 1. The predicted octanol–water partition coefficient (Wildman–Crippen LogP) is 3.22. The fraction of sp³-hybridized carbons (Fsp3) is 0.227. The minimum Gasteiger partial charge on any atom is -0.467 e. The van der Waals surface area contributed by atoms with Crippen molar-refractivity contribution in [2.24, 2.45) is 0 Å². The van der Waals surface area contributed by atoms with E-state index in [1.54, 1.807) is 41.4 Å². The SMILES string of the molecule is Cc1ccc(C(=O)[C@H](C(=S)NCc2ccco2)[n+]2cccc(CO)c2)cc1C. The number of aromatic nitrogens is 1. The quantitative estimate of drug-likeness (QED) is 0.365. The summed E-state index contributed by atoms with van der Waals surface area (Å²) >= 11 is 5.59. The van der Waals surface area contributed by atoms with Crippen molar-refractivity contribution < 1.29 is 18.9 Å². The maximum atomic E-state index is 13.4. The van der Waals surface area contributed by atoms with Gasteiger partial charge in [-0.15, -0.1) is 0 Å². The summed E-state index contributed by atoms with van der Waals surface area (Å²) in [4.78, 5) is 13.8. The summed E-state index contributed by atoms with van der Waals surface area (Å²) in [6.07, 6.45) is 5.12. The molecule has 0 radical (unpaired) electrons. The van der Waals surface area contributed by atoms with Crippen molar-refractivity contribution >= 4 is 23.0 Å². The third kappa shape index (κ3) is 4.52. The maximum absolute atomic E-state index is 13.4. The molecule has 0 bridgehead atoms. The van der Waals surface area contributed by atoms with E-state index in [-0.39, 0.29) is 12.4 Å². The van der Waals surface area contributed by atoms with Gasteiger partial charge in [-0.2, -0.15) is 4.57 Å². The number of carbonyl (C=O) groups excluding carboxylic acids is 1. The van der Waals surface area contributed by atoms with Crippen LogP contribution in [0.1, 0.15) is 38.9 Å². The van der Waals surface area contributed by atoms with Gasteiger partial charge in [-0.1, -0.05) is 24.4 Å². The maximum Gasteiger partial charge on any atom is 0.270 e. The van der Waals surface area contributed by atoms with Gasteiger partial charge in [0.2, 0.25) is 5.78 Å². The van der Waals surface area contributed by atoms with Crippen molar-refractivity contribution in [3.63, 3.8) is 0 Å². The van der Waals surface area contributed by atoms with Crippen LogP contribution in [0, 0.1) is 13.8 Å². The molecule has 0 aliphatic carbocycles. The molecule has 0 saturated heterocycles. The van der Waals surface area contributed by atoms with E-state index >= 15 is 0 Å². The first-order chi connectivity index (χ1) is 13.5. The van der Waals surface area contributed by atoms with Crippen LogP contribution in [0.25, 0.3) is 0 Å². The van der Waals surface area contributed by atoms with Gasteiger partial charge in [0.05, 0.1) is 19.4 Å². The Morgan fingerprint density at radius 2 is 2.04 bits per heavy atom. The number of pyridine rings is 1. The normalized spacial score (nSPS) is 11.8. The van der Waals surface area contributed by atoms with E-state index in [9.17, 15) is 9.90 Å². The first-order valence-corrected chi connectivity index (χ1v) is 9.42. The smallest absolute Gasteiger partial charge is 0.270 e. The monoisotopic (exact) mass is 395 g/mol. The Morgan fingerprint density at radius 1 is 1.21 bits per heavy atom. The standard InChI is InChI=1S/C22H22N2O3S/c1-15-7-8-18(11-16(15)2)21(26)20(24-9-3-5-17(13-24)14-25)22(28)23-12-19-6-4-10-27-19/h3-11,13,20,25H,12,14H2,1-2H3/p+1/t20-/m1/s1. The average Bonchev–Trinajstić information content (AvgIpc) is 3.22. The van der Waals surface area contributed by atoms with Crippen LogP contribution >= 0.6 is 12.2 Å². The van der Waals surface area contributed by atoms with E-state index in [4.69, 9.17) is 16.6 Å². The van der Waals surface area contributed by atoms with E-state index in [0.717, 1.165) is 16.9 Å². The van der Waals surface area contributed by atoms with E-state index in [0.29, 0.717) is 22.7 Å². The highest BCUT2D eigenvalue weighted by Crippen LogP contribution is 2.16. The lowest BCUT2D eigenvalue weighted by molar-refractivity contribution is -0.692. The van der Waals surface area contributed by atoms with Crippen LogP contribution in [-0.4, -0.2) is 15.9 Å². The summed E-state index contributed by atoms with van der Waals surface area (Å²) in [5.74, 6) is 0.619. The summed E-state index contributed by atoms with van der Waals surface area (Å²) in [5.41, 5.74) is 3.47. The highest BCUT2D eigenvalue weighted by molar-refractivity contribution is 7.80. The number of nitrogens with one attached hydrogen (secondary N) is 1. The van der Waals surface area contributed by atoms with Crippen molar-refractivity contribution in [3.05, 3.63) is 89.1 Å². The van der Waals surface area contributed by atoms with Gasteiger partial charge >= 0.3 is 0 Å². The highest BCUT2D eigenvalue weighted by Gasteiger charge is 2.33. The molecule has 0 spiro atoms. The second kappa shape index (κ2) is 8.91. The third-order valence-corrected chi connectivity index (χ3v) is 5.04. The Balaban J connectivity index is 1.93. The minimum absolute atomic E-state index is 0.111. The zero-order valence-corrected chi connectivity index (χ0v) is 16.7. The number of furan rings is 1. The fourth-order valence-electron chi connectivity index (χ4n) is 2.92. The second-order valence-corrected chi connectivity index (χ2v) is 7.12. The first kappa shape index (κ1) is 19.9. The van der Waals surface area contributed by atoms with Crippen LogP contribution in [0.3, 0.4) is 0 Å². The molecular weight excluding hydrogens is 372 g/mol. The molecular formula is C22H23N2O3S+. The molecule has 0 amide bonds. The molecule has 0 aliphatic heterocycles. The zero-order valence-electron chi connectivity index (χ0n) is 15.9. The van der Waals surface area contributed by atoms with Gasteiger partial charge in [0.1, 0.15) is 5.76 Å². The number of rotatable bonds is 7. The molecule has 2 aromatic heterocycles. The molecule has 0 fully saturated rings. The second-order valence-electron chi connectivity index (χ2n) is 6.68. The molecule has 144 valence electrons. The summed E-state index contributed by atoms with van der Waals surface area (Å²) in [7, 11) is 0. The first-order valence-electron chi connectivity index (χ1n) is 9.01. The van der Waals surface area contributed by atoms with Crippen LogP contribution in [0.2, 0.25) is 0 Å². The molecule has 3 rings (SSSR count). The highest BCUT2D eigenvalue weighted by atomic mass is 32.1.